The van der Waals surface area contributed by atoms with Gasteiger partial charge in [-0.25, -0.2) is 0 Å². The molecule has 0 saturated heterocycles. The molecule has 1 heteroatoms. The zero-order valence-corrected chi connectivity index (χ0v) is 9.43. The first kappa shape index (κ1) is 9.79. The Balaban J connectivity index is 2.57. The van der Waals surface area contributed by atoms with Crippen molar-refractivity contribution in [1.29, 1.82) is 0 Å². The lowest BCUT2D eigenvalue weighted by atomic mass is 10.0. The van der Waals surface area contributed by atoms with Gasteiger partial charge < -0.3 is 0 Å². The normalized spacial score (nSPS) is 20.1. The van der Waals surface area contributed by atoms with Gasteiger partial charge in [-0.2, -0.15) is 0 Å². The predicted molar refractivity (Wildman–Crippen MR) is 62.5 cm³/mol. The Morgan fingerprint density at radius 2 is 1.86 bits per heavy atom. The minimum atomic E-state index is 0.117. The number of hydrogen-bond acceptors (Lipinski definition) is 0. The molecule has 0 aliphatic heterocycles. The summed E-state index contributed by atoms with van der Waals surface area (Å²) in [6, 6.07) is 8.49. The molecule has 0 aromatic heterocycles. The first-order valence-corrected chi connectivity index (χ1v) is 5.68. The summed E-state index contributed by atoms with van der Waals surface area (Å²) in [7, 11) is 0. The summed E-state index contributed by atoms with van der Waals surface area (Å²) in [4.78, 5) is 0. The Bertz CT molecular complexity index is 377. The van der Waals surface area contributed by atoms with Gasteiger partial charge in [0.25, 0.3) is 0 Å². The lowest BCUT2D eigenvalue weighted by Crippen LogP contribution is -1.88. The minimum absolute atomic E-state index is 0.117. The van der Waals surface area contributed by atoms with Gasteiger partial charge in [-0.1, -0.05) is 38.1 Å². The van der Waals surface area contributed by atoms with Crippen molar-refractivity contribution in [2.24, 2.45) is 0 Å². The van der Waals surface area contributed by atoms with E-state index in [0.29, 0.717) is 0 Å². The fourth-order valence-electron chi connectivity index (χ4n) is 2.32. The van der Waals surface area contributed by atoms with Gasteiger partial charge in [0.15, 0.2) is 0 Å². The van der Waals surface area contributed by atoms with Crippen LogP contribution < -0.4 is 0 Å². The second kappa shape index (κ2) is 3.78. The monoisotopic (exact) mass is 206 g/mol. The van der Waals surface area contributed by atoms with E-state index in [-0.39, 0.29) is 5.38 Å². The molecule has 74 valence electrons. The molecule has 0 fully saturated rings. The average molecular weight is 207 g/mol. The van der Waals surface area contributed by atoms with Crippen LogP contribution in [0.15, 0.2) is 29.8 Å². The molecule has 0 heterocycles. The molecule has 0 saturated carbocycles. The van der Waals surface area contributed by atoms with Crippen LogP contribution in [0.25, 0.3) is 5.57 Å². The standard InChI is InChI=1S/C13H15Cl/c1-3-9-10(4-2)13(14)12-8-6-5-7-11(9)12/h5-8,13H,3-4H2,1-2H3. The molecule has 1 unspecified atom stereocenters. The highest BCUT2D eigenvalue weighted by atomic mass is 35.5. The van der Waals surface area contributed by atoms with Crippen molar-refractivity contribution >= 4 is 17.2 Å². The Morgan fingerprint density at radius 1 is 1.14 bits per heavy atom. The molecule has 1 aromatic carbocycles. The molecule has 0 nitrogen and oxygen atoms in total. The molecule has 2 rings (SSSR count). The van der Waals surface area contributed by atoms with Crippen molar-refractivity contribution in [2.45, 2.75) is 32.1 Å². The zero-order chi connectivity index (χ0) is 10.1. The SMILES string of the molecule is CCC1=C(CC)C(Cl)c2ccccc21. The lowest BCUT2D eigenvalue weighted by Gasteiger charge is -2.06. The van der Waals surface area contributed by atoms with Crippen LogP contribution >= 0.6 is 11.6 Å². The number of fused-ring (bicyclic) bond motifs is 1. The molecular weight excluding hydrogens is 192 g/mol. The molecule has 0 bridgehead atoms. The zero-order valence-electron chi connectivity index (χ0n) is 8.68. The van der Waals surface area contributed by atoms with Crippen LogP contribution in [0.1, 0.15) is 43.2 Å². The van der Waals surface area contributed by atoms with Gasteiger partial charge in [0.1, 0.15) is 0 Å². The number of hydrogen-bond donors (Lipinski definition) is 0. The van der Waals surface area contributed by atoms with E-state index in [1.807, 2.05) is 0 Å². The van der Waals surface area contributed by atoms with Crippen molar-refractivity contribution in [2.75, 3.05) is 0 Å². The largest absolute Gasteiger partial charge is 0.113 e. The Hall–Kier alpha value is -0.750. The van der Waals surface area contributed by atoms with E-state index in [2.05, 4.69) is 38.1 Å². The summed E-state index contributed by atoms with van der Waals surface area (Å²) in [6.07, 6.45) is 2.15. The highest BCUT2D eigenvalue weighted by molar-refractivity contribution is 6.24. The molecule has 1 aromatic rings. The van der Waals surface area contributed by atoms with Gasteiger partial charge in [0.05, 0.1) is 5.38 Å². The molecule has 14 heavy (non-hydrogen) atoms. The second-order valence-electron chi connectivity index (χ2n) is 3.66. The second-order valence-corrected chi connectivity index (χ2v) is 4.10. The van der Waals surface area contributed by atoms with E-state index in [1.54, 1.807) is 0 Å². The maximum Gasteiger partial charge on any atom is 0.0807 e. The van der Waals surface area contributed by atoms with Crippen LogP contribution in [0.3, 0.4) is 0 Å². The molecule has 0 N–H and O–H groups in total. The van der Waals surface area contributed by atoms with E-state index < -0.39 is 0 Å². The maximum atomic E-state index is 6.42. The molecule has 1 atom stereocenters. The molecular formula is C13H15Cl. The van der Waals surface area contributed by atoms with Gasteiger partial charge in [-0.3, -0.25) is 0 Å². The summed E-state index contributed by atoms with van der Waals surface area (Å²) in [6.45, 7) is 4.39. The van der Waals surface area contributed by atoms with E-state index in [4.69, 9.17) is 11.6 Å². The van der Waals surface area contributed by atoms with Crippen molar-refractivity contribution in [3.8, 4) is 0 Å². The van der Waals surface area contributed by atoms with Crippen molar-refractivity contribution in [1.82, 2.24) is 0 Å². The van der Waals surface area contributed by atoms with Crippen LogP contribution in [0.4, 0.5) is 0 Å². The average Bonchev–Trinajstić information content (AvgIpc) is 2.51. The van der Waals surface area contributed by atoms with E-state index in [0.717, 1.165) is 12.8 Å². The lowest BCUT2D eigenvalue weighted by molar-refractivity contribution is 0.998. The highest BCUT2D eigenvalue weighted by Gasteiger charge is 2.26. The summed E-state index contributed by atoms with van der Waals surface area (Å²) in [5, 5.41) is 0.117. The molecule has 0 amide bonds. The molecule has 1 aliphatic rings. The fourth-order valence-corrected chi connectivity index (χ4v) is 2.79. The quantitative estimate of drug-likeness (QED) is 0.623. The smallest absolute Gasteiger partial charge is 0.0807 e. The van der Waals surface area contributed by atoms with E-state index in [9.17, 15) is 0 Å². The third kappa shape index (κ3) is 1.29. The summed E-state index contributed by atoms with van der Waals surface area (Å²) < 4.78 is 0. The third-order valence-electron chi connectivity index (χ3n) is 2.99. The first-order valence-electron chi connectivity index (χ1n) is 5.24. The van der Waals surface area contributed by atoms with Gasteiger partial charge >= 0.3 is 0 Å². The number of benzene rings is 1. The van der Waals surface area contributed by atoms with Crippen LogP contribution in [0.2, 0.25) is 0 Å². The Morgan fingerprint density at radius 3 is 2.50 bits per heavy atom. The van der Waals surface area contributed by atoms with Crippen molar-refractivity contribution in [3.63, 3.8) is 0 Å². The summed E-state index contributed by atoms with van der Waals surface area (Å²) in [5.74, 6) is 0. The first-order chi connectivity index (χ1) is 6.79. The topological polar surface area (TPSA) is 0 Å². The third-order valence-corrected chi connectivity index (χ3v) is 3.49. The number of halogens is 1. The van der Waals surface area contributed by atoms with Gasteiger partial charge in [-0.05, 0) is 35.1 Å². The van der Waals surface area contributed by atoms with E-state index in [1.165, 1.54) is 22.3 Å². The Labute approximate surface area is 90.6 Å². The number of allylic oxidation sites excluding steroid dienone is 2. The highest BCUT2D eigenvalue weighted by Crippen LogP contribution is 2.46. The summed E-state index contributed by atoms with van der Waals surface area (Å²) >= 11 is 6.42. The van der Waals surface area contributed by atoms with Crippen molar-refractivity contribution < 1.29 is 0 Å². The summed E-state index contributed by atoms with van der Waals surface area (Å²) in [5.41, 5.74) is 5.54. The van der Waals surface area contributed by atoms with Crippen LogP contribution in [-0.4, -0.2) is 0 Å². The predicted octanol–water partition coefficient (Wildman–Crippen LogP) is 4.55. The van der Waals surface area contributed by atoms with E-state index >= 15 is 0 Å². The fraction of sp³-hybridized carbons (Fsp3) is 0.385. The van der Waals surface area contributed by atoms with Gasteiger partial charge in [0.2, 0.25) is 0 Å². The number of rotatable bonds is 2. The molecule has 1 aliphatic carbocycles. The molecule has 0 spiro atoms. The van der Waals surface area contributed by atoms with Gasteiger partial charge in [0, 0.05) is 0 Å². The van der Waals surface area contributed by atoms with Gasteiger partial charge in [-0.15, -0.1) is 11.6 Å². The minimum Gasteiger partial charge on any atom is -0.113 e. The maximum absolute atomic E-state index is 6.42. The van der Waals surface area contributed by atoms with Crippen LogP contribution in [-0.2, 0) is 0 Å². The van der Waals surface area contributed by atoms with Crippen molar-refractivity contribution in [3.05, 3.63) is 41.0 Å². The molecule has 0 radical (unpaired) electrons. The Kier molecular flexibility index (Phi) is 2.64. The van der Waals surface area contributed by atoms with Crippen LogP contribution in [0.5, 0.6) is 0 Å². The van der Waals surface area contributed by atoms with Crippen LogP contribution in [0, 0.1) is 0 Å². The number of alkyl halides is 1.